The molecule has 0 aliphatic carbocycles. The van der Waals surface area contributed by atoms with E-state index in [1.54, 1.807) is 13.3 Å². The van der Waals surface area contributed by atoms with E-state index in [4.69, 9.17) is 10.00 Å². The van der Waals surface area contributed by atoms with E-state index < -0.39 is 0 Å². The first-order valence-electron chi connectivity index (χ1n) is 7.57. The van der Waals surface area contributed by atoms with E-state index >= 15 is 0 Å². The zero-order valence-corrected chi connectivity index (χ0v) is 13.4. The first-order chi connectivity index (χ1) is 11.7. The number of hydrogen-bond acceptors (Lipinski definition) is 4. The fourth-order valence-electron chi connectivity index (χ4n) is 2.68. The lowest BCUT2D eigenvalue weighted by Crippen LogP contribution is -2.05. The number of nitrogens with one attached hydrogen (secondary N) is 1. The Morgan fingerprint density at radius 2 is 2.08 bits per heavy atom. The number of rotatable bonds is 5. The molecule has 0 unspecified atom stereocenters. The van der Waals surface area contributed by atoms with Crippen molar-refractivity contribution in [2.45, 2.75) is 0 Å². The number of anilines is 1. The second-order valence-electron chi connectivity index (χ2n) is 5.33. The fraction of sp³-hybridized carbons (Fsp3) is 0.100. The van der Waals surface area contributed by atoms with Gasteiger partial charge in [-0.15, -0.1) is 0 Å². The second kappa shape index (κ2) is 6.84. The van der Waals surface area contributed by atoms with Crippen LogP contribution < -0.4 is 10.1 Å². The molecule has 3 aromatic rings. The molecule has 0 spiro atoms. The molecule has 0 amide bonds. The van der Waals surface area contributed by atoms with Gasteiger partial charge in [0.05, 0.1) is 24.6 Å². The van der Waals surface area contributed by atoms with Gasteiger partial charge in [0.1, 0.15) is 5.75 Å². The van der Waals surface area contributed by atoms with Crippen LogP contribution in [-0.2, 0) is 0 Å². The van der Waals surface area contributed by atoms with Crippen molar-refractivity contribution in [3.63, 3.8) is 0 Å². The maximum absolute atomic E-state index is 8.95. The molecular weight excluding hydrogens is 298 g/mol. The van der Waals surface area contributed by atoms with Crippen LogP contribution in [0.25, 0.3) is 22.0 Å². The molecule has 1 N–H and O–H groups in total. The van der Waals surface area contributed by atoms with Crippen LogP contribution in [0.15, 0.2) is 66.9 Å². The first-order valence-corrected chi connectivity index (χ1v) is 7.57. The van der Waals surface area contributed by atoms with E-state index in [9.17, 15) is 0 Å². The predicted octanol–water partition coefficient (Wildman–Crippen LogP) is 4.40. The van der Waals surface area contributed by atoms with Gasteiger partial charge < -0.3 is 10.1 Å². The molecule has 3 rings (SSSR count). The van der Waals surface area contributed by atoms with Gasteiger partial charge in [-0.3, -0.25) is 4.98 Å². The summed E-state index contributed by atoms with van der Waals surface area (Å²) in [6, 6.07) is 17.9. The highest BCUT2D eigenvalue weighted by molar-refractivity contribution is 6.06. The van der Waals surface area contributed by atoms with E-state index in [0.29, 0.717) is 12.1 Å². The Morgan fingerprint density at radius 1 is 1.21 bits per heavy atom. The van der Waals surface area contributed by atoms with Crippen molar-refractivity contribution in [1.82, 2.24) is 4.98 Å². The molecule has 2 aromatic carbocycles. The highest BCUT2D eigenvalue weighted by Gasteiger charge is 2.13. The van der Waals surface area contributed by atoms with E-state index in [2.05, 4.69) is 22.9 Å². The number of methoxy groups -OCH3 is 1. The predicted molar refractivity (Wildman–Crippen MR) is 97.0 cm³/mol. The molecule has 0 aliphatic heterocycles. The zero-order chi connectivity index (χ0) is 16.9. The number of benzene rings is 2. The van der Waals surface area contributed by atoms with Gasteiger partial charge in [-0.05, 0) is 23.6 Å². The molecule has 118 valence electrons. The van der Waals surface area contributed by atoms with Crippen LogP contribution in [0.2, 0.25) is 0 Å². The zero-order valence-electron chi connectivity index (χ0n) is 13.4. The normalized spacial score (nSPS) is 10.2. The summed E-state index contributed by atoms with van der Waals surface area (Å²) in [5, 5.41) is 14.3. The maximum Gasteiger partial charge on any atom is 0.142 e. The largest absolute Gasteiger partial charge is 0.495 e. The monoisotopic (exact) mass is 315 g/mol. The van der Waals surface area contributed by atoms with Crippen LogP contribution in [0.3, 0.4) is 0 Å². The topological polar surface area (TPSA) is 57.9 Å². The molecular formula is C20H17N3O. The van der Waals surface area contributed by atoms with Gasteiger partial charge in [-0.2, -0.15) is 5.26 Å². The number of nitrogens with zero attached hydrogens (tertiary/aromatic N) is 2. The van der Waals surface area contributed by atoms with Gasteiger partial charge in [0, 0.05) is 29.3 Å². The standard InChI is InChI=1S/C20H17N3O/c1-14(12-21)13-23-20-18(24-2)10-9-15-6-5-7-16(19(15)20)17-8-3-4-11-22-17/h3-11,23H,1,13H2,2H3. The van der Waals surface area contributed by atoms with Crippen molar-refractivity contribution in [1.29, 1.82) is 5.26 Å². The summed E-state index contributed by atoms with van der Waals surface area (Å²) in [4.78, 5) is 4.47. The van der Waals surface area contributed by atoms with Crippen LogP contribution in [0.1, 0.15) is 0 Å². The molecule has 24 heavy (non-hydrogen) atoms. The van der Waals surface area contributed by atoms with Gasteiger partial charge in [-0.25, -0.2) is 0 Å². The highest BCUT2D eigenvalue weighted by Crippen LogP contribution is 2.39. The summed E-state index contributed by atoms with van der Waals surface area (Å²) < 4.78 is 5.51. The fourth-order valence-corrected chi connectivity index (χ4v) is 2.68. The van der Waals surface area contributed by atoms with Crippen LogP contribution in [0, 0.1) is 11.3 Å². The minimum Gasteiger partial charge on any atom is -0.495 e. The summed E-state index contributed by atoms with van der Waals surface area (Å²) in [6.45, 7) is 4.09. The van der Waals surface area contributed by atoms with Gasteiger partial charge in [0.15, 0.2) is 0 Å². The molecule has 0 aliphatic rings. The Hall–Kier alpha value is -3.32. The Labute approximate surface area is 141 Å². The number of ether oxygens (including phenoxy) is 1. The molecule has 4 heteroatoms. The smallest absolute Gasteiger partial charge is 0.142 e. The van der Waals surface area contributed by atoms with E-state index in [1.807, 2.05) is 48.5 Å². The maximum atomic E-state index is 8.95. The van der Waals surface area contributed by atoms with Gasteiger partial charge >= 0.3 is 0 Å². The quantitative estimate of drug-likeness (QED) is 0.709. The van der Waals surface area contributed by atoms with E-state index in [-0.39, 0.29) is 0 Å². The molecule has 0 bridgehead atoms. The molecule has 0 saturated carbocycles. The molecule has 0 atom stereocenters. The van der Waals surface area contributed by atoms with E-state index in [0.717, 1.165) is 33.5 Å². The third-order valence-corrected chi connectivity index (χ3v) is 3.80. The van der Waals surface area contributed by atoms with Crippen molar-refractivity contribution < 1.29 is 4.74 Å². The number of aromatic nitrogens is 1. The van der Waals surface area contributed by atoms with Crippen LogP contribution in [-0.4, -0.2) is 18.6 Å². The summed E-state index contributed by atoms with van der Waals surface area (Å²) in [5.41, 5.74) is 3.20. The summed E-state index contributed by atoms with van der Waals surface area (Å²) in [7, 11) is 1.63. The number of pyridine rings is 1. The molecule has 1 aromatic heterocycles. The highest BCUT2D eigenvalue weighted by atomic mass is 16.5. The third kappa shape index (κ3) is 2.92. The third-order valence-electron chi connectivity index (χ3n) is 3.80. The van der Waals surface area contributed by atoms with Crippen molar-refractivity contribution in [3.8, 4) is 23.1 Å². The van der Waals surface area contributed by atoms with Gasteiger partial charge in [0.2, 0.25) is 0 Å². The van der Waals surface area contributed by atoms with Crippen LogP contribution in [0.4, 0.5) is 5.69 Å². The van der Waals surface area contributed by atoms with Crippen molar-refractivity contribution >= 4 is 16.5 Å². The molecule has 0 radical (unpaired) electrons. The number of hydrogen-bond donors (Lipinski definition) is 1. The Morgan fingerprint density at radius 3 is 2.79 bits per heavy atom. The van der Waals surface area contributed by atoms with Crippen LogP contribution in [0.5, 0.6) is 5.75 Å². The Kier molecular flexibility index (Phi) is 4.44. The lowest BCUT2D eigenvalue weighted by atomic mass is 9.99. The van der Waals surface area contributed by atoms with Crippen LogP contribution >= 0.6 is 0 Å². The second-order valence-corrected chi connectivity index (χ2v) is 5.33. The summed E-state index contributed by atoms with van der Waals surface area (Å²) >= 11 is 0. The molecule has 0 saturated heterocycles. The number of fused-ring (bicyclic) bond motifs is 1. The SMILES string of the molecule is C=C(C#N)CNc1c(OC)ccc2cccc(-c3ccccn3)c12. The molecule has 0 fully saturated rings. The minimum atomic E-state index is 0.364. The average molecular weight is 315 g/mol. The Balaban J connectivity index is 2.23. The minimum absolute atomic E-state index is 0.364. The molecule has 1 heterocycles. The van der Waals surface area contributed by atoms with Gasteiger partial charge in [0.25, 0.3) is 0 Å². The van der Waals surface area contributed by atoms with Crippen molar-refractivity contribution in [2.75, 3.05) is 19.0 Å². The first kappa shape index (κ1) is 15.6. The lowest BCUT2D eigenvalue weighted by Gasteiger charge is -2.16. The summed E-state index contributed by atoms with van der Waals surface area (Å²) in [6.07, 6.45) is 1.78. The van der Waals surface area contributed by atoms with Crippen molar-refractivity contribution in [2.24, 2.45) is 0 Å². The molecule has 4 nitrogen and oxygen atoms in total. The Bertz CT molecular complexity index is 927. The van der Waals surface area contributed by atoms with E-state index in [1.165, 1.54) is 0 Å². The van der Waals surface area contributed by atoms with Gasteiger partial charge in [-0.1, -0.05) is 36.9 Å². The lowest BCUT2D eigenvalue weighted by molar-refractivity contribution is 0.417. The van der Waals surface area contributed by atoms with Crippen molar-refractivity contribution in [3.05, 3.63) is 66.9 Å². The number of nitriles is 1. The average Bonchev–Trinajstić information content (AvgIpc) is 2.65. The summed E-state index contributed by atoms with van der Waals surface area (Å²) in [5.74, 6) is 0.719.